The van der Waals surface area contributed by atoms with E-state index >= 15 is 0 Å². The zero-order valence-electron chi connectivity index (χ0n) is 15.5. The molecule has 3 rings (SSSR count). The van der Waals surface area contributed by atoms with E-state index < -0.39 is 5.54 Å². The second kappa shape index (κ2) is 7.63. The Morgan fingerprint density at radius 3 is 2.35 bits per heavy atom. The highest BCUT2D eigenvalue weighted by atomic mass is 16.5. The lowest BCUT2D eigenvalue weighted by atomic mass is 9.89. The molecule has 2 saturated heterocycles. The average molecular weight is 361 g/mol. The van der Waals surface area contributed by atoms with Crippen LogP contribution in [0, 0.1) is 6.92 Å². The van der Waals surface area contributed by atoms with E-state index in [0.29, 0.717) is 63.5 Å². The van der Waals surface area contributed by atoms with Crippen molar-refractivity contribution in [2.24, 2.45) is 5.73 Å². The van der Waals surface area contributed by atoms with Crippen LogP contribution in [0.1, 0.15) is 28.8 Å². The molecule has 2 amide bonds. The van der Waals surface area contributed by atoms with Gasteiger partial charge in [0.25, 0.3) is 5.91 Å². The quantitative estimate of drug-likeness (QED) is 0.861. The number of methoxy groups -OCH3 is 1. The van der Waals surface area contributed by atoms with Gasteiger partial charge >= 0.3 is 0 Å². The van der Waals surface area contributed by atoms with Gasteiger partial charge in [0.05, 0.1) is 12.6 Å². The minimum absolute atomic E-state index is 0.0232. The number of rotatable bonds is 3. The maximum Gasteiger partial charge on any atom is 0.254 e. The summed E-state index contributed by atoms with van der Waals surface area (Å²) in [5.41, 5.74) is 7.07. The number of hydrogen-bond donors (Lipinski definition) is 1. The molecule has 2 heterocycles. The molecule has 0 atom stereocenters. The zero-order valence-corrected chi connectivity index (χ0v) is 15.5. The molecule has 0 spiro atoms. The molecule has 2 aliphatic rings. The SMILES string of the molecule is COc1cc(C(=O)N2CCN(C(=O)C3(N)CCOCC3)CC2)ccc1C. The summed E-state index contributed by atoms with van der Waals surface area (Å²) in [6.07, 6.45) is 1.10. The Morgan fingerprint density at radius 2 is 1.73 bits per heavy atom. The second-order valence-electron chi connectivity index (χ2n) is 7.04. The van der Waals surface area contributed by atoms with Crippen LogP contribution in [-0.2, 0) is 9.53 Å². The van der Waals surface area contributed by atoms with Gasteiger partial charge in [-0.05, 0) is 37.5 Å². The van der Waals surface area contributed by atoms with Gasteiger partial charge in [-0.2, -0.15) is 0 Å². The molecule has 0 bridgehead atoms. The zero-order chi connectivity index (χ0) is 18.7. The van der Waals surface area contributed by atoms with Crippen LogP contribution < -0.4 is 10.5 Å². The molecule has 7 heteroatoms. The molecule has 0 unspecified atom stereocenters. The summed E-state index contributed by atoms with van der Waals surface area (Å²) >= 11 is 0. The third kappa shape index (κ3) is 3.68. The van der Waals surface area contributed by atoms with Crippen molar-refractivity contribution in [2.75, 3.05) is 46.5 Å². The minimum atomic E-state index is -0.825. The molecular formula is C19H27N3O4. The van der Waals surface area contributed by atoms with Crippen LogP contribution in [0.15, 0.2) is 18.2 Å². The first-order valence-corrected chi connectivity index (χ1v) is 9.04. The monoisotopic (exact) mass is 361 g/mol. The van der Waals surface area contributed by atoms with Gasteiger partial charge in [-0.25, -0.2) is 0 Å². The molecule has 2 fully saturated rings. The molecule has 0 saturated carbocycles. The summed E-state index contributed by atoms with van der Waals surface area (Å²) in [6, 6.07) is 5.47. The molecule has 2 N–H and O–H groups in total. The second-order valence-corrected chi connectivity index (χ2v) is 7.04. The normalized spacial score (nSPS) is 20.0. The predicted octanol–water partition coefficient (Wildman–Crippen LogP) is 0.796. The van der Waals surface area contributed by atoms with Crippen molar-refractivity contribution in [3.8, 4) is 5.75 Å². The van der Waals surface area contributed by atoms with Crippen molar-refractivity contribution < 1.29 is 19.1 Å². The fraction of sp³-hybridized carbons (Fsp3) is 0.579. The number of carbonyl (C=O) groups excluding carboxylic acids is 2. The van der Waals surface area contributed by atoms with Crippen LogP contribution in [0.5, 0.6) is 5.75 Å². The molecule has 1 aromatic carbocycles. The Bertz CT molecular complexity index is 677. The van der Waals surface area contributed by atoms with E-state index in [2.05, 4.69) is 0 Å². The number of ether oxygens (including phenoxy) is 2. The molecule has 0 radical (unpaired) electrons. The van der Waals surface area contributed by atoms with Crippen molar-refractivity contribution in [1.82, 2.24) is 9.80 Å². The van der Waals surface area contributed by atoms with Crippen LogP contribution in [0.2, 0.25) is 0 Å². The number of nitrogens with zero attached hydrogens (tertiary/aromatic N) is 2. The summed E-state index contributed by atoms with van der Waals surface area (Å²) in [6.45, 7) is 5.02. The molecule has 2 aliphatic heterocycles. The fourth-order valence-corrected chi connectivity index (χ4v) is 3.51. The van der Waals surface area contributed by atoms with Gasteiger partial charge < -0.3 is 25.0 Å². The topological polar surface area (TPSA) is 85.1 Å². The van der Waals surface area contributed by atoms with E-state index in [1.165, 1.54) is 0 Å². The summed E-state index contributed by atoms with van der Waals surface area (Å²) in [5.74, 6) is 0.642. The highest BCUT2D eigenvalue weighted by Crippen LogP contribution is 2.23. The summed E-state index contributed by atoms with van der Waals surface area (Å²) in [7, 11) is 1.60. The van der Waals surface area contributed by atoms with Gasteiger partial charge in [0.1, 0.15) is 5.75 Å². The van der Waals surface area contributed by atoms with E-state index in [1.54, 1.807) is 23.0 Å². The van der Waals surface area contributed by atoms with E-state index in [0.717, 1.165) is 5.56 Å². The van der Waals surface area contributed by atoms with Crippen LogP contribution in [0.3, 0.4) is 0 Å². The number of carbonyl (C=O) groups is 2. The van der Waals surface area contributed by atoms with Crippen molar-refractivity contribution >= 4 is 11.8 Å². The molecule has 26 heavy (non-hydrogen) atoms. The highest BCUT2D eigenvalue weighted by Gasteiger charge is 2.40. The molecule has 142 valence electrons. The van der Waals surface area contributed by atoms with Gasteiger partial charge in [-0.1, -0.05) is 6.07 Å². The number of hydrogen-bond acceptors (Lipinski definition) is 5. The Morgan fingerprint density at radius 1 is 1.12 bits per heavy atom. The first kappa shape index (κ1) is 18.7. The minimum Gasteiger partial charge on any atom is -0.496 e. The number of benzene rings is 1. The first-order valence-electron chi connectivity index (χ1n) is 9.04. The average Bonchev–Trinajstić information content (AvgIpc) is 2.68. The van der Waals surface area contributed by atoms with Crippen molar-refractivity contribution in [3.63, 3.8) is 0 Å². The molecule has 1 aromatic rings. The molecular weight excluding hydrogens is 334 g/mol. The number of amides is 2. The van der Waals surface area contributed by atoms with Crippen LogP contribution >= 0.6 is 0 Å². The lowest BCUT2D eigenvalue weighted by Gasteiger charge is -2.41. The summed E-state index contributed by atoms with van der Waals surface area (Å²) in [5, 5.41) is 0. The molecule has 0 aromatic heterocycles. The van der Waals surface area contributed by atoms with Gasteiger partial charge in [-0.15, -0.1) is 0 Å². The number of piperazine rings is 1. The van der Waals surface area contributed by atoms with Crippen molar-refractivity contribution in [2.45, 2.75) is 25.3 Å². The Hall–Kier alpha value is -2.12. The van der Waals surface area contributed by atoms with Crippen molar-refractivity contribution in [3.05, 3.63) is 29.3 Å². The van der Waals surface area contributed by atoms with E-state index in [-0.39, 0.29) is 11.8 Å². The van der Waals surface area contributed by atoms with Crippen LogP contribution in [0.4, 0.5) is 0 Å². The van der Waals surface area contributed by atoms with Crippen LogP contribution in [0.25, 0.3) is 0 Å². The molecule has 7 nitrogen and oxygen atoms in total. The highest BCUT2D eigenvalue weighted by molar-refractivity contribution is 5.95. The lowest BCUT2D eigenvalue weighted by molar-refractivity contribution is -0.142. The molecule has 0 aliphatic carbocycles. The van der Waals surface area contributed by atoms with E-state index in [1.807, 2.05) is 19.1 Å². The third-order valence-electron chi connectivity index (χ3n) is 5.32. The maximum atomic E-state index is 12.8. The summed E-state index contributed by atoms with van der Waals surface area (Å²) < 4.78 is 10.6. The number of aryl methyl sites for hydroxylation is 1. The Kier molecular flexibility index (Phi) is 5.48. The van der Waals surface area contributed by atoms with Gasteiger partial charge in [0.2, 0.25) is 5.91 Å². The predicted molar refractivity (Wildman–Crippen MR) is 97.2 cm³/mol. The smallest absolute Gasteiger partial charge is 0.254 e. The standard InChI is InChI=1S/C19H27N3O4/c1-14-3-4-15(13-16(14)25-2)17(23)21-7-9-22(10-8-21)18(24)19(20)5-11-26-12-6-19/h3-4,13H,5-12,20H2,1-2H3. The Labute approximate surface area is 154 Å². The lowest BCUT2D eigenvalue weighted by Crippen LogP contribution is -2.61. The first-order chi connectivity index (χ1) is 12.4. The van der Waals surface area contributed by atoms with Gasteiger partial charge in [-0.3, -0.25) is 9.59 Å². The van der Waals surface area contributed by atoms with E-state index in [9.17, 15) is 9.59 Å². The fourth-order valence-electron chi connectivity index (χ4n) is 3.51. The van der Waals surface area contributed by atoms with Gasteiger partial charge in [0.15, 0.2) is 0 Å². The van der Waals surface area contributed by atoms with E-state index in [4.69, 9.17) is 15.2 Å². The summed E-state index contributed by atoms with van der Waals surface area (Å²) in [4.78, 5) is 29.1. The maximum absolute atomic E-state index is 12.8. The van der Waals surface area contributed by atoms with Crippen molar-refractivity contribution in [1.29, 1.82) is 0 Å². The number of nitrogens with two attached hydrogens (primary N) is 1. The van der Waals surface area contributed by atoms with Crippen LogP contribution in [-0.4, -0.2) is 73.7 Å². The third-order valence-corrected chi connectivity index (χ3v) is 5.32. The Balaban J connectivity index is 1.61. The largest absolute Gasteiger partial charge is 0.496 e. The van der Waals surface area contributed by atoms with Gasteiger partial charge in [0, 0.05) is 45.0 Å².